The summed E-state index contributed by atoms with van der Waals surface area (Å²) < 4.78 is 24.0. The number of hydrogen-bond acceptors (Lipinski definition) is 8. The number of aromatic nitrogens is 2. The van der Waals surface area contributed by atoms with E-state index in [2.05, 4.69) is 52.9 Å². The van der Waals surface area contributed by atoms with E-state index >= 15 is 0 Å². The number of carbonyl (C=O) groups is 1. The minimum Gasteiger partial charge on any atom is -0.330 e. The molecule has 0 unspecified atom stereocenters. The molecule has 3 rings (SSSR count). The van der Waals surface area contributed by atoms with Gasteiger partial charge in [-0.1, -0.05) is 61.2 Å². The predicted molar refractivity (Wildman–Crippen MR) is 130 cm³/mol. The lowest BCUT2D eigenvalue weighted by molar-refractivity contribution is -0.113. The molecule has 0 aliphatic rings. The topological polar surface area (TPSA) is 127 Å². The summed E-state index contributed by atoms with van der Waals surface area (Å²) in [5.74, 6) is -0.174. The van der Waals surface area contributed by atoms with Gasteiger partial charge in [0.15, 0.2) is 4.34 Å². The van der Waals surface area contributed by atoms with Crippen molar-refractivity contribution in [2.24, 2.45) is 5.14 Å². The molecule has 170 valence electrons. The van der Waals surface area contributed by atoms with Crippen LogP contribution >= 0.6 is 23.1 Å². The summed E-state index contributed by atoms with van der Waals surface area (Å²) in [6.07, 6.45) is 1.81. The summed E-state index contributed by atoms with van der Waals surface area (Å²) in [7, 11) is -3.86. The van der Waals surface area contributed by atoms with Gasteiger partial charge < -0.3 is 10.6 Å². The standard InChI is InChI=1S/C21H25N5O3S3/c1-4-14-7-6-8-15(5-2)19(14)24-20-25-26-21(31-20)30-12-18(27)23-16-10-9-13(3)17(11-16)32(22,28)29/h6-11H,4-5,12H2,1-3H3,(H,23,27)(H,24,25)(H2,22,28,29). The van der Waals surface area contributed by atoms with Gasteiger partial charge in [-0.3, -0.25) is 4.79 Å². The largest absolute Gasteiger partial charge is 0.330 e. The Balaban J connectivity index is 1.62. The Bertz CT molecular complexity index is 1200. The fraction of sp³-hybridized carbons (Fsp3) is 0.286. The highest BCUT2D eigenvalue weighted by Crippen LogP contribution is 2.31. The molecule has 0 saturated carbocycles. The molecule has 0 bridgehead atoms. The third-order valence-electron chi connectivity index (χ3n) is 4.74. The third-order valence-corrected chi connectivity index (χ3v) is 7.77. The SMILES string of the molecule is CCc1cccc(CC)c1Nc1nnc(SCC(=O)Nc2ccc(C)c(S(N)(=O)=O)c2)s1. The number of thioether (sulfide) groups is 1. The smallest absolute Gasteiger partial charge is 0.238 e. The molecule has 11 heteroatoms. The number of benzene rings is 2. The van der Waals surface area contributed by atoms with E-state index in [0.717, 1.165) is 18.5 Å². The number of primary sulfonamides is 1. The van der Waals surface area contributed by atoms with E-state index in [1.165, 1.54) is 40.3 Å². The van der Waals surface area contributed by atoms with E-state index in [9.17, 15) is 13.2 Å². The van der Waals surface area contributed by atoms with Crippen molar-refractivity contribution < 1.29 is 13.2 Å². The van der Waals surface area contributed by atoms with Crippen molar-refractivity contribution in [3.8, 4) is 0 Å². The number of carbonyl (C=O) groups excluding carboxylic acids is 1. The summed E-state index contributed by atoms with van der Waals surface area (Å²) in [6.45, 7) is 5.87. The second kappa shape index (κ2) is 10.4. The van der Waals surface area contributed by atoms with Gasteiger partial charge in [-0.15, -0.1) is 10.2 Å². The first-order valence-corrected chi connectivity index (χ1v) is 13.3. The molecule has 0 spiro atoms. The van der Waals surface area contributed by atoms with Gasteiger partial charge in [0, 0.05) is 11.4 Å². The number of para-hydroxylation sites is 1. The van der Waals surface area contributed by atoms with Crippen molar-refractivity contribution >= 4 is 55.5 Å². The molecule has 2 aromatic carbocycles. The van der Waals surface area contributed by atoms with Crippen LogP contribution in [0.3, 0.4) is 0 Å². The van der Waals surface area contributed by atoms with Crippen molar-refractivity contribution in [1.82, 2.24) is 10.2 Å². The van der Waals surface area contributed by atoms with Crippen LogP contribution in [0.25, 0.3) is 0 Å². The summed E-state index contributed by atoms with van der Waals surface area (Å²) in [5.41, 5.74) is 4.38. The molecule has 8 nitrogen and oxygen atoms in total. The van der Waals surface area contributed by atoms with Crippen molar-refractivity contribution in [3.63, 3.8) is 0 Å². The molecular formula is C21H25N5O3S3. The number of sulfonamides is 1. The number of nitrogens with one attached hydrogen (secondary N) is 2. The molecule has 0 saturated heterocycles. The van der Waals surface area contributed by atoms with E-state index in [4.69, 9.17) is 5.14 Å². The minimum atomic E-state index is -3.86. The van der Waals surface area contributed by atoms with E-state index in [0.29, 0.717) is 20.7 Å². The molecule has 4 N–H and O–H groups in total. The molecule has 3 aromatic rings. The van der Waals surface area contributed by atoms with Crippen LogP contribution in [0.2, 0.25) is 0 Å². The van der Waals surface area contributed by atoms with Crippen LogP contribution in [0.1, 0.15) is 30.5 Å². The van der Waals surface area contributed by atoms with E-state index in [1.807, 2.05) is 0 Å². The van der Waals surface area contributed by atoms with E-state index < -0.39 is 10.0 Å². The van der Waals surface area contributed by atoms with Crippen LogP contribution in [0.4, 0.5) is 16.5 Å². The minimum absolute atomic E-state index is 0.0124. The maximum Gasteiger partial charge on any atom is 0.238 e. The highest BCUT2D eigenvalue weighted by Gasteiger charge is 2.15. The van der Waals surface area contributed by atoms with Crippen LogP contribution in [-0.2, 0) is 27.7 Å². The molecule has 0 aliphatic carbocycles. The quantitative estimate of drug-likeness (QED) is 0.385. The number of amides is 1. The van der Waals surface area contributed by atoms with Gasteiger partial charge in [-0.05, 0) is 48.6 Å². The highest BCUT2D eigenvalue weighted by molar-refractivity contribution is 8.01. The van der Waals surface area contributed by atoms with Crippen LogP contribution in [0.5, 0.6) is 0 Å². The maximum absolute atomic E-state index is 12.3. The first-order valence-electron chi connectivity index (χ1n) is 9.98. The van der Waals surface area contributed by atoms with Crippen molar-refractivity contribution in [3.05, 3.63) is 53.1 Å². The number of nitrogens with zero attached hydrogens (tertiary/aromatic N) is 2. The summed E-state index contributed by atoms with van der Waals surface area (Å²) in [5, 5.41) is 20.3. The predicted octanol–water partition coefficient (Wildman–Crippen LogP) is 4.09. The van der Waals surface area contributed by atoms with E-state index in [1.54, 1.807) is 19.1 Å². The fourth-order valence-electron chi connectivity index (χ4n) is 3.14. The number of rotatable bonds is 9. The van der Waals surface area contributed by atoms with Gasteiger partial charge in [0.25, 0.3) is 0 Å². The van der Waals surface area contributed by atoms with Crippen LogP contribution in [-0.4, -0.2) is 30.3 Å². The zero-order valence-electron chi connectivity index (χ0n) is 18.0. The van der Waals surface area contributed by atoms with Crippen molar-refractivity contribution in [2.45, 2.75) is 42.8 Å². The number of anilines is 3. The second-order valence-corrected chi connectivity index (χ2v) is 10.7. The number of aryl methyl sites for hydroxylation is 3. The van der Waals surface area contributed by atoms with Gasteiger partial charge in [-0.2, -0.15) is 0 Å². The Morgan fingerprint density at radius 1 is 1.12 bits per heavy atom. The zero-order valence-corrected chi connectivity index (χ0v) is 20.5. The van der Waals surface area contributed by atoms with Gasteiger partial charge in [0.1, 0.15) is 0 Å². The Hall–Kier alpha value is -2.47. The summed E-state index contributed by atoms with van der Waals surface area (Å²) in [6, 6.07) is 10.8. The summed E-state index contributed by atoms with van der Waals surface area (Å²) in [4.78, 5) is 12.3. The van der Waals surface area contributed by atoms with Crippen molar-refractivity contribution in [2.75, 3.05) is 16.4 Å². The molecule has 0 radical (unpaired) electrons. The molecule has 1 aromatic heterocycles. The lowest BCUT2D eigenvalue weighted by atomic mass is 10.0. The van der Waals surface area contributed by atoms with Crippen LogP contribution in [0.15, 0.2) is 45.6 Å². The normalized spacial score (nSPS) is 11.4. The average molecular weight is 492 g/mol. The highest BCUT2D eigenvalue weighted by atomic mass is 32.2. The Kier molecular flexibility index (Phi) is 7.88. The van der Waals surface area contributed by atoms with Crippen LogP contribution < -0.4 is 15.8 Å². The third kappa shape index (κ3) is 6.06. The van der Waals surface area contributed by atoms with Gasteiger partial charge in [-0.25, -0.2) is 13.6 Å². The lowest BCUT2D eigenvalue weighted by Gasteiger charge is -2.13. The van der Waals surface area contributed by atoms with Gasteiger partial charge >= 0.3 is 0 Å². The summed E-state index contributed by atoms with van der Waals surface area (Å²) >= 11 is 2.64. The fourth-order valence-corrected chi connectivity index (χ4v) is 5.50. The first kappa shape index (κ1) is 24.2. The average Bonchev–Trinajstić information content (AvgIpc) is 3.20. The molecule has 1 amide bonds. The molecule has 1 heterocycles. The monoisotopic (exact) mass is 491 g/mol. The maximum atomic E-state index is 12.3. The van der Waals surface area contributed by atoms with Crippen molar-refractivity contribution in [1.29, 1.82) is 0 Å². The molecule has 0 fully saturated rings. The van der Waals surface area contributed by atoms with Crippen LogP contribution in [0, 0.1) is 6.92 Å². The van der Waals surface area contributed by atoms with Gasteiger partial charge in [0.05, 0.1) is 10.6 Å². The Morgan fingerprint density at radius 3 is 2.44 bits per heavy atom. The molecule has 0 aliphatic heterocycles. The Morgan fingerprint density at radius 2 is 1.81 bits per heavy atom. The zero-order chi connectivity index (χ0) is 23.3. The Labute approximate surface area is 196 Å². The molecule has 0 atom stereocenters. The lowest BCUT2D eigenvalue weighted by Crippen LogP contribution is -2.17. The van der Waals surface area contributed by atoms with Gasteiger partial charge in [0.2, 0.25) is 21.1 Å². The first-order chi connectivity index (χ1) is 15.2. The number of nitrogens with two attached hydrogens (primary N) is 1. The molecule has 32 heavy (non-hydrogen) atoms. The van der Waals surface area contributed by atoms with E-state index in [-0.39, 0.29) is 16.6 Å². The number of hydrogen-bond donors (Lipinski definition) is 3. The second-order valence-electron chi connectivity index (χ2n) is 7.02. The molecular weight excluding hydrogens is 466 g/mol.